The molecule has 1 aromatic heterocycles. The van der Waals surface area contributed by atoms with E-state index in [0.29, 0.717) is 16.6 Å². The van der Waals surface area contributed by atoms with Gasteiger partial charge in [0.15, 0.2) is 0 Å². The van der Waals surface area contributed by atoms with Gasteiger partial charge in [-0.15, -0.1) is 0 Å². The van der Waals surface area contributed by atoms with E-state index in [2.05, 4.69) is 4.98 Å². The minimum Gasteiger partial charge on any atom is -0.273 e. The normalized spacial score (nSPS) is 12.4. The first kappa shape index (κ1) is 11.5. The highest BCUT2D eigenvalue weighted by molar-refractivity contribution is 7.99. The molecule has 0 saturated heterocycles. The zero-order chi connectivity index (χ0) is 13.9. The van der Waals surface area contributed by atoms with Crippen LogP contribution in [0, 0.1) is 5.82 Å². The van der Waals surface area contributed by atoms with Gasteiger partial charge >= 0.3 is 5.69 Å². The van der Waals surface area contributed by atoms with Crippen molar-refractivity contribution in [3.8, 4) is 5.69 Å². The largest absolute Gasteiger partial charge is 0.333 e. The van der Waals surface area contributed by atoms with Gasteiger partial charge in [0.1, 0.15) is 5.82 Å². The van der Waals surface area contributed by atoms with E-state index in [1.54, 1.807) is 18.2 Å². The molecule has 1 aliphatic rings. The lowest BCUT2D eigenvalue weighted by atomic mass is 10.2. The molecule has 1 aliphatic heterocycles. The molecule has 0 unspecified atom stereocenters. The van der Waals surface area contributed by atoms with Crippen LogP contribution in [0.5, 0.6) is 0 Å². The minimum atomic E-state index is -0.554. The third kappa shape index (κ3) is 1.42. The second-order valence-electron chi connectivity index (χ2n) is 4.46. The SMILES string of the molecule is O=c1[nH]c(=O)n2c3c(cccc13)Sc1ccc(F)cc1-2. The van der Waals surface area contributed by atoms with E-state index in [1.165, 1.54) is 28.5 Å². The van der Waals surface area contributed by atoms with Gasteiger partial charge in [0.2, 0.25) is 0 Å². The van der Waals surface area contributed by atoms with Gasteiger partial charge < -0.3 is 0 Å². The number of aromatic amines is 1. The molecule has 0 atom stereocenters. The Balaban J connectivity index is 2.30. The molecule has 3 aromatic rings. The molecule has 2 aromatic carbocycles. The Hall–Kier alpha value is -2.34. The summed E-state index contributed by atoms with van der Waals surface area (Å²) in [6.45, 7) is 0. The number of para-hydroxylation sites is 1. The van der Waals surface area contributed by atoms with Crippen LogP contribution < -0.4 is 11.2 Å². The molecule has 4 nitrogen and oxygen atoms in total. The Kier molecular flexibility index (Phi) is 2.20. The van der Waals surface area contributed by atoms with Gasteiger partial charge in [0.25, 0.3) is 5.56 Å². The monoisotopic (exact) mass is 286 g/mol. The van der Waals surface area contributed by atoms with Crippen molar-refractivity contribution in [1.29, 1.82) is 0 Å². The Labute approximate surface area is 115 Å². The lowest BCUT2D eigenvalue weighted by molar-refractivity contribution is 0.624. The first-order valence-corrected chi connectivity index (χ1v) is 6.72. The number of aromatic nitrogens is 2. The molecule has 0 fully saturated rings. The minimum absolute atomic E-state index is 0.421. The van der Waals surface area contributed by atoms with Crippen molar-refractivity contribution in [1.82, 2.24) is 9.55 Å². The Morgan fingerprint density at radius 2 is 1.95 bits per heavy atom. The molecule has 20 heavy (non-hydrogen) atoms. The maximum atomic E-state index is 13.5. The van der Waals surface area contributed by atoms with Gasteiger partial charge in [-0.1, -0.05) is 17.8 Å². The third-order valence-electron chi connectivity index (χ3n) is 3.27. The van der Waals surface area contributed by atoms with Crippen LogP contribution in [-0.2, 0) is 0 Å². The van der Waals surface area contributed by atoms with E-state index in [-0.39, 0.29) is 0 Å². The predicted molar refractivity (Wildman–Crippen MR) is 74.2 cm³/mol. The summed E-state index contributed by atoms with van der Waals surface area (Å²) >= 11 is 1.42. The molecule has 0 aliphatic carbocycles. The van der Waals surface area contributed by atoms with Crippen molar-refractivity contribution in [2.75, 3.05) is 0 Å². The van der Waals surface area contributed by atoms with E-state index >= 15 is 0 Å². The van der Waals surface area contributed by atoms with Crippen LogP contribution in [0.15, 0.2) is 55.8 Å². The van der Waals surface area contributed by atoms with Crippen LogP contribution in [0.25, 0.3) is 16.6 Å². The second-order valence-corrected chi connectivity index (χ2v) is 5.54. The van der Waals surface area contributed by atoms with Crippen LogP contribution in [-0.4, -0.2) is 9.55 Å². The van der Waals surface area contributed by atoms with Crippen molar-refractivity contribution in [3.63, 3.8) is 0 Å². The maximum Gasteiger partial charge on any atom is 0.333 e. The number of rotatable bonds is 0. The second kappa shape index (κ2) is 3.83. The smallest absolute Gasteiger partial charge is 0.273 e. The van der Waals surface area contributed by atoms with E-state index in [4.69, 9.17) is 0 Å². The molecule has 98 valence electrons. The molecule has 0 radical (unpaired) electrons. The first-order chi connectivity index (χ1) is 9.65. The lowest BCUT2D eigenvalue weighted by Gasteiger charge is -2.20. The van der Waals surface area contributed by atoms with Crippen LogP contribution in [0.2, 0.25) is 0 Å². The molecular formula is C14H7FN2O2S. The summed E-state index contributed by atoms with van der Waals surface area (Å²) < 4.78 is 14.8. The van der Waals surface area contributed by atoms with E-state index < -0.39 is 17.1 Å². The van der Waals surface area contributed by atoms with Crippen molar-refractivity contribution >= 4 is 22.7 Å². The van der Waals surface area contributed by atoms with Crippen molar-refractivity contribution < 1.29 is 4.39 Å². The fraction of sp³-hybridized carbons (Fsp3) is 0. The number of benzene rings is 2. The third-order valence-corrected chi connectivity index (χ3v) is 4.39. The van der Waals surface area contributed by atoms with E-state index in [9.17, 15) is 14.0 Å². The molecule has 0 saturated carbocycles. The summed E-state index contributed by atoms with van der Waals surface area (Å²) in [6.07, 6.45) is 0. The number of hydrogen-bond donors (Lipinski definition) is 1. The zero-order valence-electron chi connectivity index (χ0n) is 10.0. The van der Waals surface area contributed by atoms with Crippen molar-refractivity contribution in [3.05, 3.63) is 63.1 Å². The average molecular weight is 286 g/mol. The number of halogens is 1. The molecule has 2 heterocycles. The highest BCUT2D eigenvalue weighted by atomic mass is 32.2. The standard InChI is InChI=1S/C14H7FN2O2S/c15-7-4-5-10-9(6-7)17-12-8(13(18)16-14(17)19)2-1-3-11(12)20-10/h1-6H,(H,16,18,19). The molecular weight excluding hydrogens is 279 g/mol. The van der Waals surface area contributed by atoms with Gasteiger partial charge in [-0.3, -0.25) is 14.3 Å². The van der Waals surface area contributed by atoms with Crippen LogP contribution in [0.3, 0.4) is 0 Å². The van der Waals surface area contributed by atoms with E-state index in [0.717, 1.165) is 9.79 Å². The number of fused-ring (bicyclic) bond motifs is 2. The number of hydrogen-bond acceptors (Lipinski definition) is 3. The quantitative estimate of drug-likeness (QED) is 0.539. The van der Waals surface area contributed by atoms with E-state index in [1.807, 2.05) is 6.07 Å². The Bertz CT molecular complexity index is 991. The first-order valence-electron chi connectivity index (χ1n) is 5.91. The summed E-state index contributed by atoms with van der Waals surface area (Å²) in [6, 6.07) is 9.55. The lowest BCUT2D eigenvalue weighted by Crippen LogP contribution is -2.30. The summed E-state index contributed by atoms with van der Waals surface area (Å²) in [5.74, 6) is -0.421. The number of nitrogens with zero attached hydrogens (tertiary/aromatic N) is 1. The highest BCUT2D eigenvalue weighted by Gasteiger charge is 2.21. The Morgan fingerprint density at radius 1 is 1.10 bits per heavy atom. The van der Waals surface area contributed by atoms with Crippen LogP contribution in [0.4, 0.5) is 4.39 Å². The Morgan fingerprint density at radius 3 is 2.80 bits per heavy atom. The van der Waals surface area contributed by atoms with Gasteiger partial charge in [-0.05, 0) is 30.3 Å². The van der Waals surface area contributed by atoms with Crippen molar-refractivity contribution in [2.24, 2.45) is 0 Å². The highest BCUT2D eigenvalue weighted by Crippen LogP contribution is 2.40. The van der Waals surface area contributed by atoms with Gasteiger partial charge in [-0.25, -0.2) is 9.18 Å². The topological polar surface area (TPSA) is 54.9 Å². The summed E-state index contributed by atoms with van der Waals surface area (Å²) in [7, 11) is 0. The number of H-pyrrole nitrogens is 1. The van der Waals surface area contributed by atoms with Crippen molar-refractivity contribution in [2.45, 2.75) is 9.79 Å². The molecule has 0 spiro atoms. The maximum absolute atomic E-state index is 13.5. The summed E-state index contributed by atoms with van der Waals surface area (Å²) in [5, 5.41) is 0.421. The molecule has 4 rings (SSSR count). The van der Waals surface area contributed by atoms with Crippen LogP contribution >= 0.6 is 11.8 Å². The fourth-order valence-corrected chi connectivity index (χ4v) is 3.51. The molecule has 6 heteroatoms. The molecule has 1 N–H and O–H groups in total. The van der Waals surface area contributed by atoms with Crippen LogP contribution in [0.1, 0.15) is 0 Å². The molecule has 0 bridgehead atoms. The summed E-state index contributed by atoms with van der Waals surface area (Å²) in [4.78, 5) is 27.9. The summed E-state index contributed by atoms with van der Waals surface area (Å²) in [5.41, 5.74) is 0.00922. The predicted octanol–water partition coefficient (Wildman–Crippen LogP) is 2.28. The van der Waals surface area contributed by atoms with Gasteiger partial charge in [0, 0.05) is 9.79 Å². The number of nitrogens with one attached hydrogen (secondary N) is 1. The van der Waals surface area contributed by atoms with Gasteiger partial charge in [-0.2, -0.15) is 0 Å². The van der Waals surface area contributed by atoms with Gasteiger partial charge in [0.05, 0.1) is 16.6 Å². The fourth-order valence-electron chi connectivity index (χ4n) is 2.44. The zero-order valence-corrected chi connectivity index (χ0v) is 10.8. The average Bonchev–Trinajstić information content (AvgIpc) is 2.43. The molecule has 0 amide bonds.